The molecule has 2 aromatic heterocycles. The number of nitriles is 1. The molecule has 0 saturated heterocycles. The Balaban J connectivity index is 2.54. The van der Waals surface area contributed by atoms with Gasteiger partial charge in [-0.3, -0.25) is 0 Å². The van der Waals surface area contributed by atoms with E-state index in [1.807, 2.05) is 25.1 Å². The molecule has 15 heavy (non-hydrogen) atoms. The number of halogens is 1. The van der Waals surface area contributed by atoms with Crippen molar-refractivity contribution in [3.05, 3.63) is 33.4 Å². The summed E-state index contributed by atoms with van der Waals surface area (Å²) in [5.74, 6) is 0.613. The summed E-state index contributed by atoms with van der Waals surface area (Å²) in [4.78, 5) is 9.41. The Bertz CT molecular complexity index is 542. The highest BCUT2D eigenvalue weighted by Crippen LogP contribution is 2.29. The second-order valence-electron chi connectivity index (χ2n) is 2.93. The minimum Gasteiger partial charge on any atom is -0.233 e. The molecule has 0 aliphatic rings. The van der Waals surface area contributed by atoms with Gasteiger partial charge in [0.25, 0.3) is 0 Å². The van der Waals surface area contributed by atoms with Gasteiger partial charge in [0.2, 0.25) is 0 Å². The van der Waals surface area contributed by atoms with Crippen LogP contribution in [0.1, 0.15) is 11.4 Å². The number of nitrogens with zero attached hydrogens (tertiary/aromatic N) is 3. The molecule has 0 aliphatic heterocycles. The Kier molecular flexibility index (Phi) is 2.80. The third-order valence-corrected chi connectivity index (χ3v) is 3.38. The summed E-state index contributed by atoms with van der Waals surface area (Å²) in [7, 11) is 0. The fourth-order valence-corrected chi connectivity index (χ4v) is 2.49. The van der Waals surface area contributed by atoms with E-state index in [4.69, 9.17) is 5.26 Å². The van der Waals surface area contributed by atoms with E-state index in [0.29, 0.717) is 11.5 Å². The average Bonchev–Trinajstić information content (AvgIpc) is 2.64. The number of aryl methyl sites for hydroxylation is 1. The van der Waals surface area contributed by atoms with Crippen molar-refractivity contribution in [3.63, 3.8) is 0 Å². The van der Waals surface area contributed by atoms with Crippen LogP contribution in [0, 0.1) is 18.3 Å². The molecule has 2 heterocycles. The zero-order valence-corrected chi connectivity index (χ0v) is 10.3. The second kappa shape index (κ2) is 4.09. The quantitative estimate of drug-likeness (QED) is 0.806. The maximum Gasteiger partial charge on any atom is 0.171 e. The topological polar surface area (TPSA) is 49.6 Å². The SMILES string of the molecule is Cc1cc(C#N)nc(-c2ccc(Br)s2)n1. The van der Waals surface area contributed by atoms with Crippen LogP contribution in [0.4, 0.5) is 0 Å². The lowest BCUT2D eigenvalue weighted by molar-refractivity contribution is 1.10. The molecular weight excluding hydrogens is 274 g/mol. The van der Waals surface area contributed by atoms with Gasteiger partial charge in [0.1, 0.15) is 11.8 Å². The molecule has 3 nitrogen and oxygen atoms in total. The number of hydrogen-bond donors (Lipinski definition) is 0. The van der Waals surface area contributed by atoms with Crippen LogP contribution in [0.15, 0.2) is 22.0 Å². The Labute approximate surface area is 99.6 Å². The standard InChI is InChI=1S/C10H6BrN3S/c1-6-4-7(5-12)14-10(13-6)8-2-3-9(11)15-8/h2-4H,1H3. The van der Waals surface area contributed by atoms with Gasteiger partial charge in [0.05, 0.1) is 8.66 Å². The first kappa shape index (κ1) is 10.3. The molecule has 2 aromatic rings. The first-order valence-electron chi connectivity index (χ1n) is 4.20. The first-order chi connectivity index (χ1) is 7.19. The lowest BCUT2D eigenvalue weighted by atomic mass is 10.3. The van der Waals surface area contributed by atoms with Crippen molar-refractivity contribution in [2.75, 3.05) is 0 Å². The van der Waals surface area contributed by atoms with Gasteiger partial charge in [-0.15, -0.1) is 11.3 Å². The summed E-state index contributed by atoms with van der Waals surface area (Å²) in [5, 5.41) is 8.79. The smallest absolute Gasteiger partial charge is 0.171 e. The van der Waals surface area contributed by atoms with Crippen LogP contribution >= 0.6 is 27.3 Å². The molecule has 0 bridgehead atoms. The third-order valence-electron chi connectivity index (χ3n) is 1.76. The maximum absolute atomic E-state index is 8.79. The Hall–Kier alpha value is -1.25. The summed E-state index contributed by atoms with van der Waals surface area (Å²) in [6.07, 6.45) is 0. The summed E-state index contributed by atoms with van der Waals surface area (Å²) in [6, 6.07) is 7.58. The van der Waals surface area contributed by atoms with Crippen molar-refractivity contribution in [2.24, 2.45) is 0 Å². The van der Waals surface area contributed by atoms with Crippen LogP contribution in [0.5, 0.6) is 0 Å². The lowest BCUT2D eigenvalue weighted by Crippen LogP contribution is -1.93. The Morgan fingerprint density at radius 2 is 2.20 bits per heavy atom. The van der Waals surface area contributed by atoms with Gasteiger partial charge in [0, 0.05) is 5.69 Å². The van der Waals surface area contributed by atoms with Crippen molar-refractivity contribution in [1.82, 2.24) is 9.97 Å². The van der Waals surface area contributed by atoms with Crippen LogP contribution in [0.25, 0.3) is 10.7 Å². The highest BCUT2D eigenvalue weighted by Gasteiger charge is 2.06. The molecule has 0 atom stereocenters. The lowest BCUT2D eigenvalue weighted by Gasteiger charge is -1.98. The number of rotatable bonds is 1. The molecule has 0 N–H and O–H groups in total. The van der Waals surface area contributed by atoms with Gasteiger partial charge < -0.3 is 0 Å². The summed E-state index contributed by atoms with van der Waals surface area (Å²) < 4.78 is 1.03. The third kappa shape index (κ3) is 2.22. The van der Waals surface area contributed by atoms with Crippen molar-refractivity contribution in [2.45, 2.75) is 6.92 Å². The summed E-state index contributed by atoms with van der Waals surface area (Å²) in [6.45, 7) is 1.86. The number of aromatic nitrogens is 2. The normalized spacial score (nSPS) is 9.93. The fraction of sp³-hybridized carbons (Fsp3) is 0.100. The Morgan fingerprint density at radius 3 is 2.80 bits per heavy atom. The fourth-order valence-electron chi connectivity index (χ4n) is 1.17. The largest absolute Gasteiger partial charge is 0.233 e. The van der Waals surface area contributed by atoms with Crippen LogP contribution in [-0.4, -0.2) is 9.97 Å². The van der Waals surface area contributed by atoms with Crippen molar-refractivity contribution >= 4 is 27.3 Å². The molecule has 0 saturated carbocycles. The van der Waals surface area contributed by atoms with E-state index < -0.39 is 0 Å². The monoisotopic (exact) mass is 279 g/mol. The van der Waals surface area contributed by atoms with E-state index in [2.05, 4.69) is 25.9 Å². The van der Waals surface area contributed by atoms with Crippen LogP contribution in [0.2, 0.25) is 0 Å². The molecule has 0 aromatic carbocycles. The Morgan fingerprint density at radius 1 is 1.40 bits per heavy atom. The molecule has 0 aliphatic carbocycles. The second-order valence-corrected chi connectivity index (χ2v) is 5.40. The number of thiophene rings is 1. The van der Waals surface area contributed by atoms with Gasteiger partial charge in [-0.25, -0.2) is 9.97 Å². The van der Waals surface area contributed by atoms with E-state index in [1.54, 1.807) is 17.4 Å². The highest BCUT2D eigenvalue weighted by molar-refractivity contribution is 9.11. The maximum atomic E-state index is 8.79. The van der Waals surface area contributed by atoms with Crippen molar-refractivity contribution in [1.29, 1.82) is 5.26 Å². The van der Waals surface area contributed by atoms with Crippen LogP contribution in [-0.2, 0) is 0 Å². The van der Waals surface area contributed by atoms with Gasteiger partial charge in [0.15, 0.2) is 5.82 Å². The number of hydrogen-bond acceptors (Lipinski definition) is 4. The van der Waals surface area contributed by atoms with Crippen molar-refractivity contribution in [3.8, 4) is 16.8 Å². The molecule has 74 valence electrons. The zero-order valence-electron chi connectivity index (χ0n) is 7.86. The highest BCUT2D eigenvalue weighted by atomic mass is 79.9. The predicted molar refractivity (Wildman–Crippen MR) is 62.5 cm³/mol. The van der Waals surface area contributed by atoms with E-state index in [1.165, 1.54) is 0 Å². The van der Waals surface area contributed by atoms with E-state index >= 15 is 0 Å². The summed E-state index contributed by atoms with van der Waals surface area (Å²) >= 11 is 4.93. The molecule has 5 heteroatoms. The van der Waals surface area contributed by atoms with Gasteiger partial charge >= 0.3 is 0 Å². The molecular formula is C10H6BrN3S. The molecule has 0 fully saturated rings. The molecule has 2 rings (SSSR count). The minimum atomic E-state index is 0.405. The first-order valence-corrected chi connectivity index (χ1v) is 5.81. The molecule has 0 spiro atoms. The average molecular weight is 280 g/mol. The van der Waals surface area contributed by atoms with Gasteiger partial charge in [-0.05, 0) is 41.1 Å². The van der Waals surface area contributed by atoms with Crippen molar-refractivity contribution < 1.29 is 0 Å². The van der Waals surface area contributed by atoms with Gasteiger partial charge in [-0.1, -0.05) is 0 Å². The summed E-state index contributed by atoms with van der Waals surface area (Å²) in [5.41, 5.74) is 1.21. The minimum absolute atomic E-state index is 0.405. The molecule has 0 unspecified atom stereocenters. The molecule has 0 amide bonds. The zero-order chi connectivity index (χ0) is 10.8. The van der Waals surface area contributed by atoms with E-state index in [9.17, 15) is 0 Å². The predicted octanol–water partition coefficient (Wildman–Crippen LogP) is 3.15. The van der Waals surface area contributed by atoms with Crippen LogP contribution in [0.3, 0.4) is 0 Å². The molecule has 0 radical (unpaired) electrons. The van der Waals surface area contributed by atoms with Crippen LogP contribution < -0.4 is 0 Å². The van der Waals surface area contributed by atoms with E-state index in [-0.39, 0.29) is 0 Å². The van der Waals surface area contributed by atoms with Gasteiger partial charge in [-0.2, -0.15) is 5.26 Å². The van der Waals surface area contributed by atoms with E-state index in [0.717, 1.165) is 14.4 Å².